The van der Waals surface area contributed by atoms with Gasteiger partial charge in [0.05, 0.1) is 12.2 Å². The summed E-state index contributed by atoms with van der Waals surface area (Å²) in [6.45, 7) is 0.390. The van der Waals surface area contributed by atoms with E-state index in [1.807, 2.05) is 43.3 Å². The van der Waals surface area contributed by atoms with Crippen LogP contribution in [0.1, 0.15) is 0 Å². The lowest BCUT2D eigenvalue weighted by Gasteiger charge is -2.10. The van der Waals surface area contributed by atoms with E-state index in [0.717, 1.165) is 10.2 Å². The maximum Gasteiger partial charge on any atom is 0.238 e. The third-order valence-corrected chi connectivity index (χ3v) is 2.30. The molecule has 0 spiro atoms. The number of hydrogen-bond acceptors (Lipinski definition) is 2. The van der Waals surface area contributed by atoms with Crippen molar-refractivity contribution in [3.05, 3.63) is 28.7 Å². The molecule has 0 aliphatic heterocycles. The first-order chi connectivity index (χ1) is 6.59. The molecule has 76 valence electrons. The van der Waals surface area contributed by atoms with Gasteiger partial charge in [-0.2, -0.15) is 0 Å². The van der Waals surface area contributed by atoms with Gasteiger partial charge in [-0.1, -0.05) is 12.1 Å². The molecule has 1 rings (SSSR count). The van der Waals surface area contributed by atoms with Crippen LogP contribution in [-0.4, -0.2) is 31.4 Å². The van der Waals surface area contributed by atoms with E-state index >= 15 is 0 Å². The van der Waals surface area contributed by atoms with Crippen molar-refractivity contribution in [3.63, 3.8) is 0 Å². The number of rotatable bonds is 3. The van der Waals surface area contributed by atoms with Gasteiger partial charge in [-0.15, -0.1) is 0 Å². The highest BCUT2D eigenvalue weighted by Gasteiger charge is 2.05. The molecule has 0 unspecified atom stereocenters. The Morgan fingerprint density at radius 2 is 2.07 bits per heavy atom. The molecule has 0 aliphatic carbocycles. The molecule has 0 bridgehead atoms. The average molecular weight is 257 g/mol. The highest BCUT2D eigenvalue weighted by Crippen LogP contribution is 2.20. The number of nitrogens with one attached hydrogen (secondary N) is 1. The zero-order valence-electron chi connectivity index (χ0n) is 8.25. The number of hydrogen-bond donors (Lipinski definition) is 1. The standard InChI is InChI=1S/C10H13BrN2O/c1-13(2)7-10(14)12-9-6-4-3-5-8(9)11/h3-6H,7H2,1-2H3,(H,12,14). The highest BCUT2D eigenvalue weighted by molar-refractivity contribution is 9.10. The molecule has 4 heteroatoms. The number of para-hydroxylation sites is 1. The van der Waals surface area contributed by atoms with Crippen molar-refractivity contribution in [1.82, 2.24) is 4.90 Å². The largest absolute Gasteiger partial charge is 0.324 e. The summed E-state index contributed by atoms with van der Waals surface area (Å²) < 4.78 is 0.895. The summed E-state index contributed by atoms with van der Waals surface area (Å²) in [5.74, 6) is -0.0121. The van der Waals surface area contributed by atoms with E-state index in [-0.39, 0.29) is 5.91 Å². The molecular weight excluding hydrogens is 244 g/mol. The Bertz CT molecular complexity index is 326. The van der Waals surface area contributed by atoms with E-state index in [4.69, 9.17) is 0 Å². The van der Waals surface area contributed by atoms with Gasteiger partial charge in [0.25, 0.3) is 0 Å². The molecule has 1 aromatic rings. The minimum absolute atomic E-state index is 0.0121. The lowest BCUT2D eigenvalue weighted by molar-refractivity contribution is -0.116. The van der Waals surface area contributed by atoms with Crippen LogP contribution in [0, 0.1) is 0 Å². The third-order valence-electron chi connectivity index (χ3n) is 1.61. The van der Waals surface area contributed by atoms with Gasteiger partial charge in [-0.05, 0) is 42.2 Å². The second-order valence-corrected chi connectivity index (χ2v) is 4.12. The maximum atomic E-state index is 11.4. The molecule has 0 aromatic heterocycles. The van der Waals surface area contributed by atoms with Gasteiger partial charge in [-0.3, -0.25) is 4.79 Å². The number of anilines is 1. The summed E-state index contributed by atoms with van der Waals surface area (Å²) in [4.78, 5) is 13.2. The molecule has 0 fully saturated rings. The minimum Gasteiger partial charge on any atom is -0.324 e. The first-order valence-corrected chi connectivity index (χ1v) is 5.08. The molecule has 0 saturated heterocycles. The Morgan fingerprint density at radius 3 is 2.64 bits per heavy atom. The van der Waals surface area contributed by atoms with E-state index in [1.54, 1.807) is 0 Å². The lowest BCUT2D eigenvalue weighted by Crippen LogP contribution is -2.27. The van der Waals surface area contributed by atoms with Crippen molar-refractivity contribution < 1.29 is 4.79 Å². The SMILES string of the molecule is CN(C)CC(=O)Nc1ccccc1Br. The van der Waals surface area contributed by atoms with Gasteiger partial charge < -0.3 is 10.2 Å². The van der Waals surface area contributed by atoms with Crippen LogP contribution in [-0.2, 0) is 4.79 Å². The molecule has 0 radical (unpaired) electrons. The van der Waals surface area contributed by atoms with Crippen LogP contribution in [0.3, 0.4) is 0 Å². The molecule has 14 heavy (non-hydrogen) atoms. The smallest absolute Gasteiger partial charge is 0.238 e. The second-order valence-electron chi connectivity index (χ2n) is 3.27. The first-order valence-electron chi connectivity index (χ1n) is 4.28. The third kappa shape index (κ3) is 3.47. The predicted octanol–water partition coefficient (Wildman–Crippen LogP) is 1.95. The summed E-state index contributed by atoms with van der Waals surface area (Å²) >= 11 is 3.36. The summed E-state index contributed by atoms with van der Waals surface area (Å²) in [5.41, 5.74) is 0.805. The molecule has 1 amide bonds. The quantitative estimate of drug-likeness (QED) is 0.897. The number of likely N-dealkylation sites (N-methyl/N-ethyl adjacent to an activating group) is 1. The second kappa shape index (κ2) is 5.12. The molecule has 0 atom stereocenters. The zero-order valence-corrected chi connectivity index (χ0v) is 9.84. The molecule has 0 heterocycles. The maximum absolute atomic E-state index is 11.4. The van der Waals surface area contributed by atoms with Gasteiger partial charge in [0.2, 0.25) is 5.91 Å². The Labute approximate surface area is 92.2 Å². The van der Waals surface area contributed by atoms with E-state index in [0.29, 0.717) is 6.54 Å². The molecular formula is C10H13BrN2O. The number of carbonyl (C=O) groups is 1. The fraction of sp³-hybridized carbons (Fsp3) is 0.300. The number of halogens is 1. The summed E-state index contributed by atoms with van der Waals surface area (Å²) in [6.07, 6.45) is 0. The minimum atomic E-state index is -0.0121. The Morgan fingerprint density at radius 1 is 1.43 bits per heavy atom. The van der Waals surface area contributed by atoms with E-state index < -0.39 is 0 Å². The predicted molar refractivity (Wildman–Crippen MR) is 61.3 cm³/mol. The molecule has 1 N–H and O–H groups in total. The highest BCUT2D eigenvalue weighted by atomic mass is 79.9. The van der Waals surface area contributed by atoms with Crippen LogP contribution in [0.25, 0.3) is 0 Å². The molecule has 0 aliphatic rings. The first kappa shape index (κ1) is 11.2. The van der Waals surface area contributed by atoms with Gasteiger partial charge in [0.15, 0.2) is 0 Å². The average Bonchev–Trinajstić information content (AvgIpc) is 2.07. The van der Waals surface area contributed by atoms with Gasteiger partial charge in [-0.25, -0.2) is 0 Å². The molecule has 0 saturated carbocycles. The van der Waals surface area contributed by atoms with Crippen molar-refractivity contribution >= 4 is 27.5 Å². The van der Waals surface area contributed by atoms with Gasteiger partial charge >= 0.3 is 0 Å². The van der Waals surface area contributed by atoms with E-state index in [2.05, 4.69) is 21.2 Å². The summed E-state index contributed by atoms with van der Waals surface area (Å²) in [6, 6.07) is 7.55. The Kier molecular flexibility index (Phi) is 4.10. The topological polar surface area (TPSA) is 32.3 Å². The Hall–Kier alpha value is -0.870. The number of carbonyl (C=O) groups excluding carboxylic acids is 1. The van der Waals surface area contributed by atoms with Crippen LogP contribution in [0.5, 0.6) is 0 Å². The summed E-state index contributed by atoms with van der Waals surface area (Å²) in [5, 5.41) is 2.81. The van der Waals surface area contributed by atoms with Crippen molar-refractivity contribution in [2.45, 2.75) is 0 Å². The fourth-order valence-corrected chi connectivity index (χ4v) is 1.42. The van der Waals surface area contributed by atoms with Crippen LogP contribution in [0.2, 0.25) is 0 Å². The molecule has 3 nitrogen and oxygen atoms in total. The van der Waals surface area contributed by atoms with E-state index in [9.17, 15) is 4.79 Å². The lowest BCUT2D eigenvalue weighted by atomic mass is 10.3. The van der Waals surface area contributed by atoms with Crippen molar-refractivity contribution in [3.8, 4) is 0 Å². The van der Waals surface area contributed by atoms with Crippen molar-refractivity contribution in [2.75, 3.05) is 26.0 Å². The van der Waals surface area contributed by atoms with Crippen LogP contribution < -0.4 is 5.32 Å². The van der Waals surface area contributed by atoms with Gasteiger partial charge in [0, 0.05) is 4.47 Å². The summed E-state index contributed by atoms with van der Waals surface area (Å²) in [7, 11) is 3.72. The van der Waals surface area contributed by atoms with Crippen LogP contribution >= 0.6 is 15.9 Å². The number of amides is 1. The zero-order chi connectivity index (χ0) is 10.6. The van der Waals surface area contributed by atoms with E-state index in [1.165, 1.54) is 0 Å². The monoisotopic (exact) mass is 256 g/mol. The number of benzene rings is 1. The fourth-order valence-electron chi connectivity index (χ4n) is 1.04. The Balaban J connectivity index is 2.61. The van der Waals surface area contributed by atoms with Crippen LogP contribution in [0.4, 0.5) is 5.69 Å². The van der Waals surface area contributed by atoms with Crippen LogP contribution in [0.15, 0.2) is 28.7 Å². The molecule has 1 aromatic carbocycles. The number of nitrogens with zero attached hydrogens (tertiary/aromatic N) is 1. The van der Waals surface area contributed by atoms with Crippen molar-refractivity contribution in [2.24, 2.45) is 0 Å². The van der Waals surface area contributed by atoms with Crippen molar-refractivity contribution in [1.29, 1.82) is 0 Å². The normalized spacial score (nSPS) is 10.3. The van der Waals surface area contributed by atoms with Gasteiger partial charge in [0.1, 0.15) is 0 Å².